The first kappa shape index (κ1) is 39.5. The molecule has 0 bridgehead atoms. The van der Waals surface area contributed by atoms with Crippen molar-refractivity contribution in [1.29, 1.82) is 0 Å². The van der Waals surface area contributed by atoms with Gasteiger partial charge in [0.25, 0.3) is 0 Å². The molecule has 1 saturated carbocycles. The quantitative estimate of drug-likeness (QED) is 0.0734. The van der Waals surface area contributed by atoms with Crippen LogP contribution in [-0.4, -0.2) is 97.9 Å². The molecule has 0 radical (unpaired) electrons. The van der Waals surface area contributed by atoms with Crippen molar-refractivity contribution in [3.05, 3.63) is 70.1 Å². The zero-order chi connectivity index (χ0) is 38.4. The predicted molar refractivity (Wildman–Crippen MR) is 206 cm³/mol. The van der Waals surface area contributed by atoms with Gasteiger partial charge in [-0.15, -0.1) is 0 Å². The number of carbonyl (C=O) groups is 4. The number of aromatic nitrogens is 5. The summed E-state index contributed by atoms with van der Waals surface area (Å²) in [4.78, 5) is 68.4. The fraction of sp³-hybridized carbons (Fsp3) is 0.500. The van der Waals surface area contributed by atoms with E-state index in [1.807, 2.05) is 42.2 Å². The monoisotopic (exact) mass is 801 g/mol. The molecule has 4 atom stereocenters. The smallest absolute Gasteiger partial charge is 0.245 e. The summed E-state index contributed by atoms with van der Waals surface area (Å²) in [5.74, 6) is 0.795. The minimum Gasteiger partial charge on any atom is -0.378 e. The van der Waals surface area contributed by atoms with Crippen molar-refractivity contribution in [3.63, 3.8) is 0 Å². The maximum Gasteiger partial charge on any atom is 0.245 e. The van der Waals surface area contributed by atoms with Gasteiger partial charge >= 0.3 is 0 Å². The van der Waals surface area contributed by atoms with E-state index in [0.717, 1.165) is 36.0 Å². The van der Waals surface area contributed by atoms with Crippen LogP contribution in [-0.2, 0) is 43.2 Å². The Bertz CT molecular complexity index is 2000. The van der Waals surface area contributed by atoms with Crippen LogP contribution in [0.4, 0.5) is 0 Å². The molecule has 0 spiro atoms. The van der Waals surface area contributed by atoms with Crippen molar-refractivity contribution < 1.29 is 28.7 Å². The molecule has 1 unspecified atom stereocenters. The van der Waals surface area contributed by atoms with Gasteiger partial charge in [-0.2, -0.15) is 5.10 Å². The number of carbonyl (C=O) groups excluding carboxylic acids is 4. The van der Waals surface area contributed by atoms with Gasteiger partial charge in [0.05, 0.1) is 43.5 Å². The summed E-state index contributed by atoms with van der Waals surface area (Å²) in [7, 11) is 0. The van der Waals surface area contributed by atoms with Crippen LogP contribution in [0.2, 0.25) is 0 Å². The number of Topliss-reactive ketones (excluding diaryl/α,β-unsaturated/α-hetero) is 3. The third-order valence-corrected chi connectivity index (χ3v) is 10.9. The van der Waals surface area contributed by atoms with Crippen molar-refractivity contribution in [2.45, 2.75) is 84.3 Å². The number of rotatable bonds is 20. The first-order chi connectivity index (χ1) is 26.1. The van der Waals surface area contributed by atoms with E-state index in [2.05, 4.69) is 42.9 Å². The number of nitrogens with zero attached hydrogens (tertiary/aromatic N) is 6. The lowest BCUT2D eigenvalue weighted by Crippen LogP contribution is -2.46. The number of hydrogen-bond donors (Lipinski definition) is 1. The van der Waals surface area contributed by atoms with Crippen molar-refractivity contribution >= 4 is 50.1 Å². The maximum atomic E-state index is 14.2. The molecule has 1 aliphatic carbocycles. The summed E-state index contributed by atoms with van der Waals surface area (Å²) < 4.78 is 12.9. The second kappa shape index (κ2) is 17.9. The minimum atomic E-state index is -0.521. The average molecular weight is 803 g/mol. The number of hydrogen-bond acceptors (Lipinski definition) is 11. The number of piperidine rings is 1. The van der Waals surface area contributed by atoms with E-state index < -0.39 is 6.04 Å². The Morgan fingerprint density at radius 1 is 1.02 bits per heavy atom. The lowest BCUT2D eigenvalue weighted by Gasteiger charge is -2.28. The zero-order valence-corrected chi connectivity index (χ0v) is 32.7. The van der Waals surface area contributed by atoms with Crippen LogP contribution in [0, 0.1) is 18.8 Å². The first-order valence-electron chi connectivity index (χ1n) is 18.8. The highest BCUT2D eigenvalue weighted by Crippen LogP contribution is 2.56. The van der Waals surface area contributed by atoms with Gasteiger partial charge in [-0.1, -0.05) is 31.9 Å². The molecule has 14 heteroatoms. The number of fused-ring (bicyclic) bond motifs is 2. The summed E-state index contributed by atoms with van der Waals surface area (Å²) in [5.41, 5.74) is 9.45. The summed E-state index contributed by atoms with van der Waals surface area (Å²) in [6.45, 7) is 7.09. The van der Waals surface area contributed by atoms with Gasteiger partial charge in [-0.25, -0.2) is 15.0 Å². The molecule has 1 saturated heterocycles. The standard InChI is InChI=1S/C40H48BrN7O6/c1-4-5-6-29-30-18-34(35(51)19-32-24(2)7-11-36(41)45-32)48(40(29)30)38(52)22-47-33-10-8-26(17-31(33)39(46-47)25(3)49)27-20-43-37(44-21-27)12-9-28(50)23-54-16-15-53-14-13-42/h7-8,10-11,17,20-21,29-30,34,40H,4-6,9,12-16,18-19,22-23,42H2,1-3H3/t29?,30-,34-,40+/m0/s1. The van der Waals surface area contributed by atoms with Gasteiger partial charge in [0.15, 0.2) is 17.3 Å². The topological polar surface area (TPSA) is 172 Å². The first-order valence-corrected chi connectivity index (χ1v) is 19.5. The maximum absolute atomic E-state index is 14.2. The predicted octanol–water partition coefficient (Wildman–Crippen LogP) is 4.87. The van der Waals surface area contributed by atoms with Crippen LogP contribution in [0.15, 0.2) is 47.3 Å². The van der Waals surface area contributed by atoms with Crippen molar-refractivity contribution in [1.82, 2.24) is 29.6 Å². The minimum absolute atomic E-state index is 0.00314. The Morgan fingerprint density at radius 2 is 1.80 bits per heavy atom. The van der Waals surface area contributed by atoms with Gasteiger partial charge < -0.3 is 20.1 Å². The van der Waals surface area contributed by atoms with Gasteiger partial charge in [-0.3, -0.25) is 23.9 Å². The van der Waals surface area contributed by atoms with Gasteiger partial charge in [0, 0.05) is 55.7 Å². The lowest BCUT2D eigenvalue weighted by atomic mass is 9.98. The number of nitrogens with two attached hydrogens (primary N) is 1. The number of halogens is 1. The third-order valence-electron chi connectivity index (χ3n) is 10.4. The summed E-state index contributed by atoms with van der Waals surface area (Å²) in [6.07, 6.45) is 8.04. The normalized spacial score (nSPS) is 18.9. The van der Waals surface area contributed by atoms with Crippen LogP contribution >= 0.6 is 15.9 Å². The van der Waals surface area contributed by atoms with Crippen LogP contribution in [0.3, 0.4) is 0 Å². The number of amides is 1. The molecular weight excluding hydrogens is 754 g/mol. The molecule has 54 heavy (non-hydrogen) atoms. The largest absolute Gasteiger partial charge is 0.378 e. The Morgan fingerprint density at radius 3 is 2.54 bits per heavy atom. The number of pyridine rings is 1. The molecule has 4 heterocycles. The molecule has 286 valence electrons. The van der Waals surface area contributed by atoms with E-state index in [-0.39, 0.29) is 61.0 Å². The summed E-state index contributed by atoms with van der Waals surface area (Å²) >= 11 is 3.42. The number of aryl methyl sites for hydroxylation is 2. The van der Waals surface area contributed by atoms with Crippen molar-refractivity contribution in [3.8, 4) is 11.1 Å². The van der Waals surface area contributed by atoms with E-state index in [0.29, 0.717) is 78.1 Å². The number of ketones is 3. The molecule has 2 N–H and O–H groups in total. The average Bonchev–Trinajstić information content (AvgIpc) is 3.47. The highest BCUT2D eigenvalue weighted by molar-refractivity contribution is 9.10. The highest BCUT2D eigenvalue weighted by atomic mass is 79.9. The van der Waals surface area contributed by atoms with Crippen LogP contribution in [0.1, 0.15) is 73.5 Å². The van der Waals surface area contributed by atoms with Crippen molar-refractivity contribution in [2.75, 3.05) is 33.0 Å². The van der Waals surface area contributed by atoms with E-state index in [4.69, 9.17) is 15.2 Å². The van der Waals surface area contributed by atoms with E-state index in [9.17, 15) is 19.2 Å². The van der Waals surface area contributed by atoms with E-state index in [1.165, 1.54) is 6.92 Å². The third kappa shape index (κ3) is 9.16. The Labute approximate surface area is 323 Å². The van der Waals surface area contributed by atoms with Gasteiger partial charge in [0.2, 0.25) is 5.91 Å². The van der Waals surface area contributed by atoms with Gasteiger partial charge in [0.1, 0.15) is 29.3 Å². The van der Waals surface area contributed by atoms with Crippen LogP contribution in [0.5, 0.6) is 0 Å². The molecular formula is C40H48BrN7O6. The Balaban J connectivity index is 1.15. The number of likely N-dealkylation sites (tertiary alicyclic amines) is 1. The lowest BCUT2D eigenvalue weighted by molar-refractivity contribution is -0.139. The highest BCUT2D eigenvalue weighted by Gasteiger charge is 2.62. The van der Waals surface area contributed by atoms with Gasteiger partial charge in [-0.05, 0) is 76.9 Å². The second-order valence-electron chi connectivity index (χ2n) is 14.2. The summed E-state index contributed by atoms with van der Waals surface area (Å²) in [6, 6.07) is 8.91. The molecule has 6 rings (SSSR count). The fourth-order valence-electron chi connectivity index (χ4n) is 7.58. The second-order valence-corrected chi connectivity index (χ2v) is 15.0. The molecule has 2 aliphatic rings. The van der Waals surface area contributed by atoms with E-state index in [1.54, 1.807) is 17.1 Å². The zero-order valence-electron chi connectivity index (χ0n) is 31.1. The SMILES string of the molecule is CCCCC1[C@@H]2[C@H]1C[C@@H](C(=O)Cc1nc(Br)ccc1C)N2C(=O)Cn1nc(C(C)=O)c2cc(-c3cnc(CCC(=O)COCCOCCN)nc3)ccc21. The van der Waals surface area contributed by atoms with Crippen LogP contribution < -0.4 is 5.73 Å². The van der Waals surface area contributed by atoms with E-state index >= 15 is 0 Å². The molecule has 1 aliphatic heterocycles. The molecule has 13 nitrogen and oxygen atoms in total. The summed E-state index contributed by atoms with van der Waals surface area (Å²) in [5, 5.41) is 5.25. The molecule has 2 fully saturated rings. The van der Waals surface area contributed by atoms with Crippen LogP contribution in [0.25, 0.3) is 22.0 Å². The fourth-order valence-corrected chi connectivity index (χ4v) is 7.93. The number of ether oxygens (including phenoxy) is 2. The number of unbranched alkanes of at least 4 members (excludes halogenated alkanes) is 1. The molecule has 3 aromatic heterocycles. The Hall–Kier alpha value is -4.24. The molecule has 1 amide bonds. The van der Waals surface area contributed by atoms with Crippen molar-refractivity contribution in [2.24, 2.45) is 17.6 Å². The molecule has 4 aromatic rings. The number of benzene rings is 1. The molecule has 1 aromatic carbocycles. The Kier molecular flexibility index (Phi) is 13.1.